The topological polar surface area (TPSA) is 83.9 Å². The normalized spacial score (nSPS) is 11.4. The summed E-state index contributed by atoms with van der Waals surface area (Å²) in [7, 11) is 1.97. The number of furan rings is 1. The zero-order chi connectivity index (χ0) is 17.5. The van der Waals surface area contributed by atoms with E-state index in [1.807, 2.05) is 31.0 Å². The summed E-state index contributed by atoms with van der Waals surface area (Å²) in [5.41, 5.74) is 6.36. The van der Waals surface area contributed by atoms with Crippen molar-refractivity contribution in [2.75, 3.05) is 13.6 Å². The lowest BCUT2D eigenvalue weighted by Gasteiger charge is -2.22. The fourth-order valence-electron chi connectivity index (χ4n) is 2.16. The smallest absolute Gasteiger partial charge is 0.284 e. The van der Waals surface area contributed by atoms with Crippen molar-refractivity contribution in [1.29, 1.82) is 0 Å². The zero-order valence-corrected chi connectivity index (χ0v) is 15.3. The highest BCUT2D eigenvalue weighted by atomic mass is 79.9. The maximum absolute atomic E-state index is 11.1. The van der Waals surface area contributed by atoms with E-state index in [1.165, 1.54) is 5.56 Å². The van der Waals surface area contributed by atoms with Gasteiger partial charge in [0.15, 0.2) is 11.7 Å². The molecule has 24 heavy (non-hydrogen) atoms. The number of guanidine groups is 1. The highest BCUT2D eigenvalue weighted by Crippen LogP contribution is 2.12. The number of hydrogen-bond donors (Lipinski definition) is 2. The summed E-state index contributed by atoms with van der Waals surface area (Å²) in [6.45, 7) is 3.83. The van der Waals surface area contributed by atoms with Crippen LogP contribution in [-0.4, -0.2) is 30.4 Å². The van der Waals surface area contributed by atoms with Crippen LogP contribution in [0.4, 0.5) is 0 Å². The molecule has 2 aromatic rings. The summed E-state index contributed by atoms with van der Waals surface area (Å²) in [5, 5.41) is 3.25. The SMILES string of the molecule is CCNC(=NCc1ccc(C(N)=O)o1)N(C)Cc1ccc(Br)cc1. The largest absolute Gasteiger partial charge is 0.454 e. The number of aliphatic imine (C=N–C) groups is 1. The molecule has 0 spiro atoms. The van der Waals surface area contributed by atoms with Crippen LogP contribution in [0.5, 0.6) is 0 Å². The van der Waals surface area contributed by atoms with Crippen LogP contribution in [0, 0.1) is 0 Å². The standard InChI is InChI=1S/C17H21BrN4O2/c1-3-20-17(21-10-14-8-9-15(24-14)16(19)23)22(2)11-12-4-6-13(18)7-5-12/h4-9H,3,10-11H2,1-2H3,(H2,19,23)(H,20,21). The lowest BCUT2D eigenvalue weighted by atomic mass is 10.2. The molecule has 1 amide bonds. The van der Waals surface area contributed by atoms with Crippen molar-refractivity contribution in [3.63, 3.8) is 0 Å². The zero-order valence-electron chi connectivity index (χ0n) is 13.8. The van der Waals surface area contributed by atoms with Gasteiger partial charge in [0.25, 0.3) is 5.91 Å². The first-order chi connectivity index (χ1) is 11.5. The summed E-state index contributed by atoms with van der Waals surface area (Å²) < 4.78 is 6.40. The molecule has 3 N–H and O–H groups in total. The van der Waals surface area contributed by atoms with E-state index in [0.29, 0.717) is 12.3 Å². The van der Waals surface area contributed by atoms with E-state index in [2.05, 4.69) is 38.4 Å². The number of rotatable bonds is 6. The molecule has 7 heteroatoms. The minimum atomic E-state index is -0.579. The van der Waals surface area contributed by atoms with Gasteiger partial charge in [0.1, 0.15) is 12.3 Å². The summed E-state index contributed by atoms with van der Waals surface area (Å²) in [5.74, 6) is 0.923. The Morgan fingerprint density at radius 3 is 2.58 bits per heavy atom. The first kappa shape index (κ1) is 18.1. The second-order valence-corrected chi connectivity index (χ2v) is 6.20. The Bertz CT molecular complexity index is 710. The summed E-state index contributed by atoms with van der Waals surface area (Å²) in [4.78, 5) is 17.6. The van der Waals surface area contributed by atoms with Gasteiger partial charge in [-0.2, -0.15) is 0 Å². The van der Waals surface area contributed by atoms with Gasteiger partial charge in [-0.25, -0.2) is 4.99 Å². The van der Waals surface area contributed by atoms with E-state index in [9.17, 15) is 4.79 Å². The quantitative estimate of drug-likeness (QED) is 0.584. The highest BCUT2D eigenvalue weighted by Gasteiger charge is 2.09. The molecule has 2 rings (SSSR count). The number of amides is 1. The van der Waals surface area contributed by atoms with Gasteiger partial charge in [-0.05, 0) is 36.8 Å². The van der Waals surface area contributed by atoms with Gasteiger partial charge in [-0.3, -0.25) is 4.79 Å². The Kier molecular flexibility index (Phi) is 6.43. The van der Waals surface area contributed by atoms with Crippen LogP contribution in [0.15, 0.2) is 50.3 Å². The van der Waals surface area contributed by atoms with Crippen molar-refractivity contribution in [2.45, 2.75) is 20.0 Å². The Labute approximate surface area is 149 Å². The van der Waals surface area contributed by atoms with Crippen molar-refractivity contribution >= 4 is 27.8 Å². The second kappa shape index (κ2) is 8.54. The van der Waals surface area contributed by atoms with Gasteiger partial charge in [0.05, 0.1) is 0 Å². The molecule has 0 radical (unpaired) electrons. The molecule has 0 unspecified atom stereocenters. The monoisotopic (exact) mass is 392 g/mol. The predicted octanol–water partition coefficient (Wildman–Crippen LogP) is 2.74. The fourth-order valence-corrected chi connectivity index (χ4v) is 2.42. The molecule has 0 atom stereocenters. The first-order valence-electron chi connectivity index (χ1n) is 7.62. The van der Waals surface area contributed by atoms with Crippen molar-refractivity contribution in [3.05, 3.63) is 58.0 Å². The molecule has 0 saturated carbocycles. The lowest BCUT2D eigenvalue weighted by molar-refractivity contribution is 0.0972. The maximum atomic E-state index is 11.1. The first-order valence-corrected chi connectivity index (χ1v) is 8.41. The molecular formula is C17H21BrN4O2. The number of benzene rings is 1. The van der Waals surface area contributed by atoms with E-state index in [0.717, 1.165) is 23.5 Å². The van der Waals surface area contributed by atoms with Gasteiger partial charge in [0, 0.05) is 24.6 Å². The molecule has 128 valence electrons. The van der Waals surface area contributed by atoms with E-state index in [-0.39, 0.29) is 5.76 Å². The number of carbonyl (C=O) groups excluding carboxylic acids is 1. The van der Waals surface area contributed by atoms with Gasteiger partial charge >= 0.3 is 0 Å². The predicted molar refractivity (Wildman–Crippen MR) is 97.7 cm³/mol. The fraction of sp³-hybridized carbons (Fsp3) is 0.294. The maximum Gasteiger partial charge on any atom is 0.284 e. The third-order valence-electron chi connectivity index (χ3n) is 3.32. The van der Waals surface area contributed by atoms with Crippen LogP contribution < -0.4 is 11.1 Å². The minimum absolute atomic E-state index is 0.147. The Morgan fingerprint density at radius 1 is 1.29 bits per heavy atom. The number of nitrogens with one attached hydrogen (secondary N) is 1. The van der Waals surface area contributed by atoms with Gasteiger partial charge in [0.2, 0.25) is 0 Å². The van der Waals surface area contributed by atoms with Crippen molar-refractivity contribution in [1.82, 2.24) is 10.2 Å². The van der Waals surface area contributed by atoms with Crippen LogP contribution in [0.25, 0.3) is 0 Å². The summed E-state index contributed by atoms with van der Waals surface area (Å²) in [6.07, 6.45) is 0. The Hall–Kier alpha value is -2.28. The third-order valence-corrected chi connectivity index (χ3v) is 3.85. The molecule has 1 aromatic heterocycles. The molecule has 0 aliphatic rings. The van der Waals surface area contributed by atoms with Crippen molar-refractivity contribution in [2.24, 2.45) is 10.7 Å². The van der Waals surface area contributed by atoms with E-state index in [1.54, 1.807) is 12.1 Å². The number of primary amides is 1. The molecule has 0 aliphatic heterocycles. The molecular weight excluding hydrogens is 372 g/mol. The van der Waals surface area contributed by atoms with Crippen LogP contribution in [0.3, 0.4) is 0 Å². The van der Waals surface area contributed by atoms with E-state index < -0.39 is 5.91 Å². The number of carbonyl (C=O) groups is 1. The second-order valence-electron chi connectivity index (χ2n) is 5.28. The Balaban J connectivity index is 2.05. The molecule has 0 saturated heterocycles. The molecule has 0 fully saturated rings. The van der Waals surface area contributed by atoms with Crippen molar-refractivity contribution < 1.29 is 9.21 Å². The Morgan fingerprint density at radius 2 is 2.00 bits per heavy atom. The van der Waals surface area contributed by atoms with E-state index >= 15 is 0 Å². The van der Waals surface area contributed by atoms with Crippen LogP contribution >= 0.6 is 15.9 Å². The minimum Gasteiger partial charge on any atom is -0.454 e. The summed E-state index contributed by atoms with van der Waals surface area (Å²) in [6, 6.07) is 11.4. The van der Waals surface area contributed by atoms with Gasteiger partial charge in [-0.1, -0.05) is 28.1 Å². The number of nitrogens with zero attached hydrogens (tertiary/aromatic N) is 2. The molecule has 6 nitrogen and oxygen atoms in total. The number of halogens is 1. The van der Waals surface area contributed by atoms with Crippen molar-refractivity contribution in [3.8, 4) is 0 Å². The highest BCUT2D eigenvalue weighted by molar-refractivity contribution is 9.10. The number of hydrogen-bond acceptors (Lipinski definition) is 3. The number of nitrogens with two attached hydrogens (primary N) is 1. The average Bonchev–Trinajstić information content (AvgIpc) is 3.02. The van der Waals surface area contributed by atoms with Crippen LogP contribution in [0.1, 0.15) is 28.8 Å². The molecule has 1 heterocycles. The molecule has 0 bridgehead atoms. The van der Waals surface area contributed by atoms with E-state index in [4.69, 9.17) is 10.2 Å². The molecule has 1 aromatic carbocycles. The van der Waals surface area contributed by atoms with Crippen LogP contribution in [0.2, 0.25) is 0 Å². The van der Waals surface area contributed by atoms with Gasteiger partial charge in [-0.15, -0.1) is 0 Å². The van der Waals surface area contributed by atoms with Crippen LogP contribution in [-0.2, 0) is 13.1 Å². The molecule has 0 aliphatic carbocycles. The lowest BCUT2D eigenvalue weighted by Crippen LogP contribution is -2.38. The third kappa shape index (κ3) is 5.13. The van der Waals surface area contributed by atoms with Gasteiger partial charge < -0.3 is 20.4 Å². The average molecular weight is 393 g/mol. The summed E-state index contributed by atoms with van der Waals surface area (Å²) >= 11 is 3.44.